The van der Waals surface area contributed by atoms with E-state index in [-0.39, 0.29) is 6.10 Å². The van der Waals surface area contributed by atoms with Crippen LogP contribution in [0.2, 0.25) is 0 Å². The zero-order valence-electron chi connectivity index (χ0n) is 10.8. The molecule has 0 aliphatic rings. The molecule has 1 unspecified atom stereocenters. The Balaban J connectivity index is 2.17. The van der Waals surface area contributed by atoms with Crippen molar-refractivity contribution in [2.45, 2.75) is 13.0 Å². The summed E-state index contributed by atoms with van der Waals surface area (Å²) in [5.74, 6) is 0.718. The summed E-state index contributed by atoms with van der Waals surface area (Å²) in [5.41, 5.74) is 8.64. The van der Waals surface area contributed by atoms with Gasteiger partial charge in [0, 0.05) is 6.54 Å². The van der Waals surface area contributed by atoms with E-state index in [0.717, 1.165) is 11.3 Å². The molecule has 0 amide bonds. The zero-order valence-corrected chi connectivity index (χ0v) is 10.8. The van der Waals surface area contributed by atoms with E-state index in [9.17, 15) is 0 Å². The van der Waals surface area contributed by atoms with E-state index in [1.165, 1.54) is 5.56 Å². The molecule has 0 aromatic heterocycles. The Kier molecular flexibility index (Phi) is 4.17. The van der Waals surface area contributed by atoms with E-state index < -0.39 is 0 Å². The average Bonchev–Trinajstić information content (AvgIpc) is 2.45. The molecule has 0 aliphatic heterocycles. The minimum atomic E-state index is -0.173. The van der Waals surface area contributed by atoms with E-state index in [1.807, 2.05) is 25.1 Å². The van der Waals surface area contributed by atoms with Gasteiger partial charge in [-0.15, -0.1) is 0 Å². The van der Waals surface area contributed by atoms with E-state index >= 15 is 0 Å². The lowest BCUT2D eigenvalue weighted by molar-refractivity contribution is 0.214. The Morgan fingerprint density at radius 2 is 1.95 bits per heavy atom. The van der Waals surface area contributed by atoms with Crippen LogP contribution in [0.15, 0.2) is 48.5 Å². The van der Waals surface area contributed by atoms with E-state index in [2.05, 4.69) is 12.1 Å². The standard InChI is InChI=1S/C16H16N2O/c1-12-3-2-4-14(9-12)16(11-18)19-15-7-5-13(10-17)6-8-15/h2-9,16H,11,18H2,1H3. The van der Waals surface area contributed by atoms with Gasteiger partial charge in [0.25, 0.3) is 0 Å². The smallest absolute Gasteiger partial charge is 0.136 e. The lowest BCUT2D eigenvalue weighted by Crippen LogP contribution is -2.18. The Bertz CT molecular complexity index is 584. The summed E-state index contributed by atoms with van der Waals surface area (Å²) in [4.78, 5) is 0. The van der Waals surface area contributed by atoms with Gasteiger partial charge in [-0.2, -0.15) is 5.26 Å². The molecule has 2 N–H and O–H groups in total. The molecule has 2 rings (SSSR count). The summed E-state index contributed by atoms with van der Waals surface area (Å²) in [6.45, 7) is 2.45. The molecule has 19 heavy (non-hydrogen) atoms. The number of nitrogens with zero attached hydrogens (tertiary/aromatic N) is 1. The Morgan fingerprint density at radius 1 is 1.21 bits per heavy atom. The number of rotatable bonds is 4. The minimum absolute atomic E-state index is 0.173. The molecule has 96 valence electrons. The zero-order chi connectivity index (χ0) is 13.7. The number of nitrogens with two attached hydrogens (primary N) is 1. The van der Waals surface area contributed by atoms with Gasteiger partial charge < -0.3 is 10.5 Å². The molecule has 2 aromatic rings. The maximum Gasteiger partial charge on any atom is 0.136 e. The summed E-state index contributed by atoms with van der Waals surface area (Å²) in [6, 6.07) is 17.2. The lowest BCUT2D eigenvalue weighted by Gasteiger charge is -2.18. The summed E-state index contributed by atoms with van der Waals surface area (Å²) in [5, 5.41) is 8.75. The summed E-state index contributed by atoms with van der Waals surface area (Å²) in [6.07, 6.45) is -0.173. The van der Waals surface area contributed by atoms with Crippen molar-refractivity contribution in [2.24, 2.45) is 5.73 Å². The van der Waals surface area contributed by atoms with Crippen molar-refractivity contribution < 1.29 is 4.74 Å². The highest BCUT2D eigenvalue weighted by atomic mass is 16.5. The Morgan fingerprint density at radius 3 is 2.53 bits per heavy atom. The molecule has 0 spiro atoms. The monoisotopic (exact) mass is 252 g/mol. The predicted molar refractivity (Wildman–Crippen MR) is 74.8 cm³/mol. The molecule has 0 aliphatic carbocycles. The van der Waals surface area contributed by atoms with Crippen molar-refractivity contribution in [3.8, 4) is 11.8 Å². The number of hydrogen-bond acceptors (Lipinski definition) is 3. The normalized spacial score (nSPS) is 11.6. The van der Waals surface area contributed by atoms with Gasteiger partial charge in [-0.3, -0.25) is 0 Å². The van der Waals surface area contributed by atoms with Gasteiger partial charge in [-0.1, -0.05) is 29.8 Å². The van der Waals surface area contributed by atoms with Gasteiger partial charge in [0.05, 0.1) is 11.6 Å². The molecule has 1 atom stereocenters. The van der Waals surface area contributed by atoms with Crippen LogP contribution in [-0.2, 0) is 0 Å². The lowest BCUT2D eigenvalue weighted by atomic mass is 10.1. The highest BCUT2D eigenvalue weighted by Crippen LogP contribution is 2.22. The van der Waals surface area contributed by atoms with Crippen LogP contribution < -0.4 is 10.5 Å². The fourth-order valence-corrected chi connectivity index (χ4v) is 1.89. The predicted octanol–water partition coefficient (Wildman–Crippen LogP) is 2.95. The van der Waals surface area contributed by atoms with Gasteiger partial charge >= 0.3 is 0 Å². The van der Waals surface area contributed by atoms with Crippen LogP contribution in [0.1, 0.15) is 22.8 Å². The van der Waals surface area contributed by atoms with Gasteiger partial charge in [-0.25, -0.2) is 0 Å². The quantitative estimate of drug-likeness (QED) is 0.910. The largest absolute Gasteiger partial charge is 0.484 e. The van der Waals surface area contributed by atoms with Crippen LogP contribution in [0.25, 0.3) is 0 Å². The maximum atomic E-state index is 8.75. The van der Waals surface area contributed by atoms with Gasteiger partial charge in [-0.05, 0) is 36.8 Å². The summed E-state index contributed by atoms with van der Waals surface area (Å²) in [7, 11) is 0. The number of aryl methyl sites for hydroxylation is 1. The maximum absolute atomic E-state index is 8.75. The van der Waals surface area contributed by atoms with Crippen molar-refractivity contribution in [3.63, 3.8) is 0 Å². The third kappa shape index (κ3) is 3.34. The third-order valence-electron chi connectivity index (χ3n) is 2.89. The highest BCUT2D eigenvalue weighted by Gasteiger charge is 2.11. The van der Waals surface area contributed by atoms with Crippen LogP contribution in [0, 0.1) is 18.3 Å². The van der Waals surface area contributed by atoms with Gasteiger partial charge in [0.1, 0.15) is 11.9 Å². The van der Waals surface area contributed by atoms with Gasteiger partial charge in [0.2, 0.25) is 0 Å². The van der Waals surface area contributed by atoms with Crippen LogP contribution >= 0.6 is 0 Å². The Hall–Kier alpha value is -2.31. The molecular formula is C16H16N2O. The number of ether oxygens (including phenoxy) is 1. The SMILES string of the molecule is Cc1cccc(C(CN)Oc2ccc(C#N)cc2)c1. The molecular weight excluding hydrogens is 236 g/mol. The molecule has 0 saturated heterocycles. The second kappa shape index (κ2) is 6.03. The molecule has 3 heteroatoms. The fraction of sp³-hybridized carbons (Fsp3) is 0.188. The van der Waals surface area contributed by atoms with Crippen molar-refractivity contribution in [2.75, 3.05) is 6.54 Å². The fourth-order valence-electron chi connectivity index (χ4n) is 1.89. The second-order valence-corrected chi connectivity index (χ2v) is 4.39. The highest BCUT2D eigenvalue weighted by molar-refractivity contribution is 5.35. The third-order valence-corrected chi connectivity index (χ3v) is 2.89. The van der Waals surface area contributed by atoms with Crippen LogP contribution in [0.4, 0.5) is 0 Å². The second-order valence-electron chi connectivity index (χ2n) is 4.39. The topological polar surface area (TPSA) is 59.0 Å². The van der Waals surface area contributed by atoms with Crippen molar-refractivity contribution in [3.05, 3.63) is 65.2 Å². The minimum Gasteiger partial charge on any atom is -0.484 e. The van der Waals surface area contributed by atoms with Crippen molar-refractivity contribution in [1.29, 1.82) is 5.26 Å². The van der Waals surface area contributed by atoms with Crippen molar-refractivity contribution >= 4 is 0 Å². The number of benzene rings is 2. The molecule has 0 saturated carbocycles. The summed E-state index contributed by atoms with van der Waals surface area (Å²) >= 11 is 0. The first-order valence-electron chi connectivity index (χ1n) is 6.16. The first-order valence-corrected chi connectivity index (χ1v) is 6.16. The molecule has 0 bridgehead atoms. The van der Waals surface area contributed by atoms with Crippen LogP contribution in [0.5, 0.6) is 5.75 Å². The number of nitriles is 1. The number of hydrogen-bond donors (Lipinski definition) is 1. The first kappa shape index (κ1) is 13.1. The molecule has 3 nitrogen and oxygen atoms in total. The molecule has 0 heterocycles. The molecule has 0 fully saturated rings. The van der Waals surface area contributed by atoms with E-state index in [4.69, 9.17) is 15.7 Å². The van der Waals surface area contributed by atoms with E-state index in [0.29, 0.717) is 12.1 Å². The summed E-state index contributed by atoms with van der Waals surface area (Å²) < 4.78 is 5.87. The Labute approximate surface area is 113 Å². The molecule has 2 aromatic carbocycles. The molecule has 0 radical (unpaired) electrons. The van der Waals surface area contributed by atoms with Gasteiger partial charge in [0.15, 0.2) is 0 Å². The van der Waals surface area contributed by atoms with Crippen LogP contribution in [-0.4, -0.2) is 6.54 Å². The first-order chi connectivity index (χ1) is 9.22. The van der Waals surface area contributed by atoms with E-state index in [1.54, 1.807) is 24.3 Å². The van der Waals surface area contributed by atoms with Crippen LogP contribution in [0.3, 0.4) is 0 Å². The average molecular weight is 252 g/mol. The van der Waals surface area contributed by atoms with Crippen molar-refractivity contribution in [1.82, 2.24) is 0 Å².